The number of fused-ring (bicyclic) bond motifs is 1. The molecule has 1 N–H and O–H groups in total. The first-order valence-electron chi connectivity index (χ1n) is 12.1. The smallest absolute Gasteiger partial charge is 0.406 e. The van der Waals surface area contributed by atoms with Gasteiger partial charge in [0.25, 0.3) is 5.56 Å². The Labute approximate surface area is 218 Å². The summed E-state index contributed by atoms with van der Waals surface area (Å²) in [6.07, 6.45) is -2.83. The molecule has 0 unspecified atom stereocenters. The molecule has 0 atom stereocenters. The first-order chi connectivity index (χ1) is 18.3. The van der Waals surface area contributed by atoms with E-state index in [-0.39, 0.29) is 36.4 Å². The summed E-state index contributed by atoms with van der Waals surface area (Å²) in [7, 11) is 1.36. The molecule has 1 aliphatic carbocycles. The monoisotopic (exact) mass is 543 g/mol. The predicted octanol–water partition coefficient (Wildman–Crippen LogP) is 2.69. The van der Waals surface area contributed by atoms with E-state index >= 15 is 0 Å². The van der Waals surface area contributed by atoms with E-state index in [1.165, 1.54) is 23.7 Å². The zero-order valence-corrected chi connectivity index (χ0v) is 21.0. The number of aromatic nitrogens is 5. The van der Waals surface area contributed by atoms with Crippen LogP contribution in [0.5, 0.6) is 5.75 Å². The Hall–Kier alpha value is -4.26. The molecule has 4 aromatic rings. The van der Waals surface area contributed by atoms with Crippen molar-refractivity contribution in [3.8, 4) is 5.75 Å². The highest BCUT2D eigenvalue weighted by Crippen LogP contribution is 2.38. The molecule has 0 spiro atoms. The number of hydrogen-bond donors (Lipinski definition) is 1. The minimum Gasteiger partial charge on any atom is -0.406 e. The van der Waals surface area contributed by atoms with Crippen molar-refractivity contribution in [2.75, 3.05) is 0 Å². The summed E-state index contributed by atoms with van der Waals surface area (Å²) in [6, 6.07) is 8.92. The third kappa shape index (κ3) is 5.48. The van der Waals surface area contributed by atoms with Gasteiger partial charge in [0.1, 0.15) is 11.6 Å². The number of halogens is 3. The zero-order chi connectivity index (χ0) is 28.1. The van der Waals surface area contributed by atoms with Crippen LogP contribution in [0.15, 0.2) is 52.2 Å². The molecule has 0 saturated heterocycles. The number of alkyl halides is 3. The topological polar surface area (TPSA) is 121 Å². The molecule has 0 radical (unpaired) electrons. The SMILES string of the molecule is Cc1ccc(Cn2c(Cc3cccc(OC(F)(F)F)c3)nc3c2c(=O)n(C(=O)CC2(O)CC2)c(=O)n3C)nc1. The van der Waals surface area contributed by atoms with Crippen molar-refractivity contribution >= 4 is 17.1 Å². The van der Waals surface area contributed by atoms with Crippen LogP contribution >= 0.6 is 0 Å². The van der Waals surface area contributed by atoms with Crippen LogP contribution in [0.2, 0.25) is 0 Å². The fraction of sp³-hybridized carbons (Fsp3) is 0.346. The number of rotatable bonds is 7. The normalized spacial score (nSPS) is 14.5. The molecular formula is C26H24F3N5O5. The summed E-state index contributed by atoms with van der Waals surface area (Å²) in [5.41, 5.74) is -1.22. The molecule has 1 aliphatic rings. The Kier molecular flexibility index (Phi) is 6.41. The van der Waals surface area contributed by atoms with Crippen LogP contribution in [0.25, 0.3) is 11.2 Å². The van der Waals surface area contributed by atoms with Crippen LogP contribution in [0, 0.1) is 6.92 Å². The van der Waals surface area contributed by atoms with Gasteiger partial charge in [-0.3, -0.25) is 19.1 Å². The summed E-state index contributed by atoms with van der Waals surface area (Å²) >= 11 is 0. The average Bonchev–Trinajstić information content (AvgIpc) is 3.46. The fourth-order valence-corrected chi connectivity index (χ4v) is 4.36. The van der Waals surface area contributed by atoms with Gasteiger partial charge in [-0.25, -0.2) is 9.78 Å². The largest absolute Gasteiger partial charge is 0.573 e. The number of imidazole rings is 1. The molecule has 1 saturated carbocycles. The number of benzene rings is 1. The molecule has 3 heterocycles. The lowest BCUT2D eigenvalue weighted by Gasteiger charge is -2.12. The Morgan fingerprint density at radius 1 is 1.18 bits per heavy atom. The van der Waals surface area contributed by atoms with Gasteiger partial charge in [-0.2, -0.15) is 4.57 Å². The minimum atomic E-state index is -4.87. The first kappa shape index (κ1) is 26.4. The van der Waals surface area contributed by atoms with Gasteiger partial charge in [0.15, 0.2) is 11.2 Å². The van der Waals surface area contributed by atoms with Crippen molar-refractivity contribution in [1.29, 1.82) is 0 Å². The molecule has 39 heavy (non-hydrogen) atoms. The zero-order valence-electron chi connectivity index (χ0n) is 21.0. The van der Waals surface area contributed by atoms with Crippen LogP contribution in [0.4, 0.5) is 13.2 Å². The standard InChI is InChI=1S/C26H24F3N5O5/c1-15-6-7-17(30-13-15)14-33-19(11-16-4-3-5-18(10-16)39-26(27,28)29)31-22-21(33)23(36)34(24(37)32(22)2)20(35)12-25(38)8-9-25/h3-7,10,13,38H,8-9,11-12,14H2,1-2H3. The average molecular weight is 544 g/mol. The van der Waals surface area contributed by atoms with Gasteiger partial charge in [0, 0.05) is 19.7 Å². The summed E-state index contributed by atoms with van der Waals surface area (Å²) < 4.78 is 45.4. The third-order valence-electron chi connectivity index (χ3n) is 6.57. The summed E-state index contributed by atoms with van der Waals surface area (Å²) in [6.45, 7) is 1.90. The van der Waals surface area contributed by atoms with Crippen molar-refractivity contribution in [2.45, 2.75) is 51.1 Å². The molecular weight excluding hydrogens is 519 g/mol. The molecule has 0 bridgehead atoms. The molecule has 1 fully saturated rings. The fourth-order valence-electron chi connectivity index (χ4n) is 4.36. The molecule has 0 aliphatic heterocycles. The van der Waals surface area contributed by atoms with E-state index in [2.05, 4.69) is 14.7 Å². The minimum absolute atomic E-state index is 0.00370. The number of ether oxygens (including phenoxy) is 1. The highest BCUT2D eigenvalue weighted by molar-refractivity contribution is 5.83. The quantitative estimate of drug-likeness (QED) is 0.381. The van der Waals surface area contributed by atoms with Gasteiger partial charge >= 0.3 is 12.1 Å². The van der Waals surface area contributed by atoms with Crippen LogP contribution in [0.3, 0.4) is 0 Å². The second-order valence-electron chi connectivity index (χ2n) is 9.76. The maximum Gasteiger partial charge on any atom is 0.573 e. The molecule has 10 nitrogen and oxygen atoms in total. The second kappa shape index (κ2) is 9.49. The Balaban J connectivity index is 1.65. The number of carbonyl (C=O) groups excluding carboxylic acids is 1. The van der Waals surface area contributed by atoms with Crippen molar-refractivity contribution < 1.29 is 27.8 Å². The molecule has 3 aromatic heterocycles. The van der Waals surface area contributed by atoms with E-state index in [1.54, 1.807) is 18.3 Å². The predicted molar refractivity (Wildman–Crippen MR) is 133 cm³/mol. The van der Waals surface area contributed by atoms with Gasteiger partial charge in [-0.15, -0.1) is 13.2 Å². The van der Waals surface area contributed by atoms with Crippen molar-refractivity contribution in [3.05, 3.63) is 86.1 Å². The summed E-state index contributed by atoms with van der Waals surface area (Å²) in [5.74, 6) is -0.988. The highest BCUT2D eigenvalue weighted by atomic mass is 19.4. The van der Waals surface area contributed by atoms with Crippen molar-refractivity contribution in [3.63, 3.8) is 0 Å². The molecule has 204 valence electrons. The van der Waals surface area contributed by atoms with Crippen molar-refractivity contribution in [1.82, 2.24) is 23.7 Å². The van der Waals surface area contributed by atoms with E-state index in [0.29, 0.717) is 28.7 Å². The van der Waals surface area contributed by atoms with Gasteiger partial charge in [-0.1, -0.05) is 18.2 Å². The number of nitrogens with zero attached hydrogens (tertiary/aromatic N) is 5. The molecule has 1 aromatic carbocycles. The van der Waals surface area contributed by atoms with E-state index in [1.807, 2.05) is 13.0 Å². The Bertz CT molecular complexity index is 1700. The van der Waals surface area contributed by atoms with Gasteiger partial charge in [0.2, 0.25) is 5.91 Å². The maximum atomic E-state index is 13.6. The van der Waals surface area contributed by atoms with Crippen LogP contribution in [-0.2, 0) is 20.0 Å². The number of hydrogen-bond acceptors (Lipinski definition) is 7. The number of pyridine rings is 1. The first-order valence-corrected chi connectivity index (χ1v) is 12.1. The number of carbonyl (C=O) groups is 1. The second-order valence-corrected chi connectivity index (χ2v) is 9.76. The Morgan fingerprint density at radius 2 is 1.92 bits per heavy atom. The molecule has 13 heteroatoms. The Morgan fingerprint density at radius 3 is 2.56 bits per heavy atom. The number of aliphatic hydroxyl groups is 1. The summed E-state index contributed by atoms with van der Waals surface area (Å²) in [5, 5.41) is 10.2. The lowest BCUT2D eigenvalue weighted by molar-refractivity contribution is -0.274. The van der Waals surface area contributed by atoms with Crippen LogP contribution < -0.4 is 16.0 Å². The molecule has 0 amide bonds. The van der Waals surface area contributed by atoms with Crippen molar-refractivity contribution in [2.24, 2.45) is 7.05 Å². The van der Waals surface area contributed by atoms with E-state index in [0.717, 1.165) is 16.2 Å². The van der Waals surface area contributed by atoms with E-state index < -0.39 is 34.9 Å². The van der Waals surface area contributed by atoms with Crippen LogP contribution in [-0.4, -0.2) is 46.6 Å². The highest BCUT2D eigenvalue weighted by Gasteiger charge is 2.43. The summed E-state index contributed by atoms with van der Waals surface area (Å²) in [4.78, 5) is 48.5. The third-order valence-corrected chi connectivity index (χ3v) is 6.57. The van der Waals surface area contributed by atoms with Gasteiger partial charge < -0.3 is 14.4 Å². The lowest BCUT2D eigenvalue weighted by Crippen LogP contribution is -2.44. The lowest BCUT2D eigenvalue weighted by atomic mass is 10.1. The number of aryl methyl sites for hydroxylation is 2. The van der Waals surface area contributed by atoms with Gasteiger partial charge in [0.05, 0.1) is 24.3 Å². The maximum absolute atomic E-state index is 13.6. The van der Waals surface area contributed by atoms with Gasteiger partial charge in [-0.05, 0) is 49.1 Å². The van der Waals surface area contributed by atoms with E-state index in [9.17, 15) is 32.7 Å². The molecule has 5 rings (SSSR count). The van der Waals surface area contributed by atoms with E-state index in [4.69, 9.17) is 0 Å². The van der Waals surface area contributed by atoms with Crippen LogP contribution in [0.1, 0.15) is 46.7 Å².